The SMILES string of the molecule is CC(NC1CCCC1CO)c1ccc(F)cc1Cl. The minimum absolute atomic E-state index is 0.0650. The van der Waals surface area contributed by atoms with E-state index < -0.39 is 0 Å². The third-order valence-corrected chi connectivity index (χ3v) is 4.11. The normalized spacial score (nSPS) is 25.3. The van der Waals surface area contributed by atoms with Crippen molar-refractivity contribution in [3.05, 3.63) is 34.6 Å². The van der Waals surface area contributed by atoms with E-state index in [1.54, 1.807) is 6.07 Å². The Morgan fingerprint density at radius 1 is 1.50 bits per heavy atom. The Labute approximate surface area is 112 Å². The van der Waals surface area contributed by atoms with Gasteiger partial charge >= 0.3 is 0 Å². The Bertz CT molecular complexity index is 413. The first-order valence-corrected chi connectivity index (χ1v) is 6.81. The van der Waals surface area contributed by atoms with Crippen molar-refractivity contribution in [3.63, 3.8) is 0 Å². The summed E-state index contributed by atoms with van der Waals surface area (Å²) in [5, 5.41) is 13.2. The molecule has 3 unspecified atom stereocenters. The van der Waals surface area contributed by atoms with E-state index in [0.717, 1.165) is 24.8 Å². The molecule has 4 heteroatoms. The van der Waals surface area contributed by atoms with Gasteiger partial charge in [0.2, 0.25) is 0 Å². The zero-order valence-electron chi connectivity index (χ0n) is 10.5. The molecule has 0 amide bonds. The number of hydrogen-bond acceptors (Lipinski definition) is 2. The Hall–Kier alpha value is -0.640. The zero-order chi connectivity index (χ0) is 13.1. The van der Waals surface area contributed by atoms with Gasteiger partial charge in [0.05, 0.1) is 0 Å². The number of benzene rings is 1. The lowest BCUT2D eigenvalue weighted by atomic mass is 10.0. The van der Waals surface area contributed by atoms with Gasteiger partial charge in [-0.1, -0.05) is 24.1 Å². The van der Waals surface area contributed by atoms with Crippen LogP contribution < -0.4 is 5.32 Å². The molecular weight excluding hydrogens is 253 g/mol. The second-order valence-corrected chi connectivity index (χ2v) is 5.44. The van der Waals surface area contributed by atoms with Crippen molar-refractivity contribution >= 4 is 11.6 Å². The minimum atomic E-state index is -0.315. The summed E-state index contributed by atoms with van der Waals surface area (Å²) in [6, 6.07) is 4.88. The number of halogens is 2. The molecule has 0 radical (unpaired) electrons. The second kappa shape index (κ2) is 6.00. The van der Waals surface area contributed by atoms with Crippen molar-refractivity contribution < 1.29 is 9.50 Å². The standard InChI is InChI=1S/C14H19ClFNO/c1-9(12-6-5-11(16)7-13(12)15)17-14-4-2-3-10(14)8-18/h5-7,9-10,14,17-18H,2-4,8H2,1H3. The maximum Gasteiger partial charge on any atom is 0.124 e. The van der Waals surface area contributed by atoms with E-state index in [1.165, 1.54) is 12.1 Å². The topological polar surface area (TPSA) is 32.3 Å². The molecule has 1 aliphatic rings. The van der Waals surface area contributed by atoms with Gasteiger partial charge in [0, 0.05) is 23.7 Å². The maximum absolute atomic E-state index is 13.0. The van der Waals surface area contributed by atoms with Gasteiger partial charge in [-0.15, -0.1) is 0 Å². The van der Waals surface area contributed by atoms with E-state index in [2.05, 4.69) is 5.32 Å². The highest BCUT2D eigenvalue weighted by Gasteiger charge is 2.28. The lowest BCUT2D eigenvalue weighted by molar-refractivity contribution is 0.200. The Morgan fingerprint density at radius 3 is 2.94 bits per heavy atom. The van der Waals surface area contributed by atoms with Gasteiger partial charge in [0.1, 0.15) is 5.82 Å². The Balaban J connectivity index is 2.05. The monoisotopic (exact) mass is 271 g/mol. The van der Waals surface area contributed by atoms with E-state index in [-0.39, 0.29) is 18.5 Å². The first-order chi connectivity index (χ1) is 8.61. The van der Waals surface area contributed by atoms with Crippen LogP contribution in [0.5, 0.6) is 0 Å². The van der Waals surface area contributed by atoms with Crippen molar-refractivity contribution in [2.45, 2.75) is 38.3 Å². The van der Waals surface area contributed by atoms with Crippen LogP contribution in [0, 0.1) is 11.7 Å². The summed E-state index contributed by atoms with van der Waals surface area (Å²) in [4.78, 5) is 0. The van der Waals surface area contributed by atoms with Crippen LogP contribution in [0.1, 0.15) is 37.8 Å². The fraction of sp³-hybridized carbons (Fsp3) is 0.571. The first-order valence-electron chi connectivity index (χ1n) is 6.43. The van der Waals surface area contributed by atoms with Crippen LogP contribution in [0.3, 0.4) is 0 Å². The first kappa shape index (κ1) is 13.8. The average molecular weight is 272 g/mol. The average Bonchev–Trinajstić information content (AvgIpc) is 2.76. The molecule has 18 heavy (non-hydrogen) atoms. The summed E-state index contributed by atoms with van der Waals surface area (Å²) in [5.41, 5.74) is 0.904. The molecule has 0 aliphatic heterocycles. The van der Waals surface area contributed by atoms with Crippen LogP contribution in [0.15, 0.2) is 18.2 Å². The number of rotatable bonds is 4. The molecule has 0 aromatic heterocycles. The lowest BCUT2D eigenvalue weighted by Gasteiger charge is -2.24. The van der Waals surface area contributed by atoms with Crippen molar-refractivity contribution in [1.29, 1.82) is 0 Å². The van der Waals surface area contributed by atoms with Crippen LogP contribution in [0.25, 0.3) is 0 Å². The molecule has 2 nitrogen and oxygen atoms in total. The molecule has 0 saturated heterocycles. The predicted molar refractivity (Wildman–Crippen MR) is 71.2 cm³/mol. The molecule has 1 fully saturated rings. The summed E-state index contributed by atoms with van der Waals surface area (Å²) < 4.78 is 13.0. The molecule has 0 bridgehead atoms. The summed E-state index contributed by atoms with van der Waals surface area (Å²) >= 11 is 6.05. The van der Waals surface area contributed by atoms with Gasteiger partial charge in [-0.05, 0) is 43.4 Å². The van der Waals surface area contributed by atoms with E-state index in [0.29, 0.717) is 17.0 Å². The predicted octanol–water partition coefficient (Wildman–Crippen LogP) is 3.29. The van der Waals surface area contributed by atoms with Crippen LogP contribution in [-0.2, 0) is 0 Å². The van der Waals surface area contributed by atoms with Gasteiger partial charge in [0.25, 0.3) is 0 Å². The molecular formula is C14H19ClFNO. The molecule has 1 aliphatic carbocycles. The molecule has 0 heterocycles. The van der Waals surface area contributed by atoms with Crippen LogP contribution in [0.2, 0.25) is 5.02 Å². The van der Waals surface area contributed by atoms with Gasteiger partial charge in [0.15, 0.2) is 0 Å². The van der Waals surface area contributed by atoms with E-state index in [4.69, 9.17) is 11.6 Å². The molecule has 1 aromatic rings. The third-order valence-electron chi connectivity index (χ3n) is 3.79. The summed E-state index contributed by atoms with van der Waals surface area (Å²) in [5.74, 6) is 0.0109. The highest BCUT2D eigenvalue weighted by molar-refractivity contribution is 6.31. The highest BCUT2D eigenvalue weighted by atomic mass is 35.5. The molecule has 1 aromatic carbocycles. The largest absolute Gasteiger partial charge is 0.396 e. The van der Waals surface area contributed by atoms with E-state index in [1.807, 2.05) is 6.92 Å². The highest BCUT2D eigenvalue weighted by Crippen LogP contribution is 2.29. The molecule has 100 valence electrons. The molecule has 0 spiro atoms. The summed E-state index contributed by atoms with van der Waals surface area (Å²) in [6.07, 6.45) is 3.29. The number of aliphatic hydroxyl groups excluding tert-OH is 1. The van der Waals surface area contributed by atoms with Crippen LogP contribution in [-0.4, -0.2) is 17.8 Å². The van der Waals surface area contributed by atoms with Crippen molar-refractivity contribution in [1.82, 2.24) is 5.32 Å². The molecule has 2 rings (SSSR count). The fourth-order valence-corrected chi connectivity index (χ4v) is 3.07. The number of nitrogens with one attached hydrogen (secondary N) is 1. The number of hydrogen-bond donors (Lipinski definition) is 2. The Morgan fingerprint density at radius 2 is 2.28 bits per heavy atom. The molecule has 2 N–H and O–H groups in total. The Kier molecular flexibility index (Phi) is 4.60. The molecule has 3 atom stereocenters. The maximum atomic E-state index is 13.0. The van der Waals surface area contributed by atoms with Crippen molar-refractivity contribution in [3.8, 4) is 0 Å². The van der Waals surface area contributed by atoms with Gasteiger partial charge in [-0.25, -0.2) is 4.39 Å². The second-order valence-electron chi connectivity index (χ2n) is 5.03. The van der Waals surface area contributed by atoms with Gasteiger partial charge in [-0.3, -0.25) is 0 Å². The fourth-order valence-electron chi connectivity index (χ4n) is 2.74. The van der Waals surface area contributed by atoms with Gasteiger partial charge in [-0.2, -0.15) is 0 Å². The minimum Gasteiger partial charge on any atom is -0.396 e. The smallest absolute Gasteiger partial charge is 0.124 e. The third kappa shape index (κ3) is 3.02. The number of aliphatic hydroxyl groups is 1. The van der Waals surface area contributed by atoms with Crippen LogP contribution >= 0.6 is 11.6 Å². The van der Waals surface area contributed by atoms with E-state index in [9.17, 15) is 9.50 Å². The summed E-state index contributed by atoms with van der Waals surface area (Å²) in [7, 11) is 0. The van der Waals surface area contributed by atoms with Crippen molar-refractivity contribution in [2.75, 3.05) is 6.61 Å². The lowest BCUT2D eigenvalue weighted by Crippen LogP contribution is -2.35. The van der Waals surface area contributed by atoms with Crippen LogP contribution in [0.4, 0.5) is 4.39 Å². The van der Waals surface area contributed by atoms with Gasteiger partial charge < -0.3 is 10.4 Å². The van der Waals surface area contributed by atoms with E-state index >= 15 is 0 Å². The quantitative estimate of drug-likeness (QED) is 0.881. The summed E-state index contributed by atoms with van der Waals surface area (Å²) in [6.45, 7) is 2.24. The van der Waals surface area contributed by atoms with Crippen molar-refractivity contribution in [2.24, 2.45) is 5.92 Å². The molecule has 1 saturated carbocycles. The zero-order valence-corrected chi connectivity index (χ0v) is 11.3.